The highest BCUT2D eigenvalue weighted by Crippen LogP contribution is 2.41. The Morgan fingerprint density at radius 3 is 2.74 bits per heavy atom. The number of carboxylic acids is 1. The first-order valence-corrected chi connectivity index (χ1v) is 7.73. The Labute approximate surface area is 117 Å². The molecule has 0 spiro atoms. The number of nitrogens with zero attached hydrogens (tertiary/aromatic N) is 2. The van der Waals surface area contributed by atoms with Crippen LogP contribution in [0.4, 0.5) is 0 Å². The molecule has 1 aromatic heterocycles. The van der Waals surface area contributed by atoms with Gasteiger partial charge in [0.2, 0.25) is 5.89 Å². The van der Waals surface area contributed by atoms with Crippen molar-refractivity contribution in [3.05, 3.63) is 11.7 Å². The van der Waals surface area contributed by atoms with E-state index in [1.54, 1.807) is 11.8 Å². The molecular weight excluding hydrogens is 264 g/mol. The Hall–Kier alpha value is -1.04. The third-order valence-corrected chi connectivity index (χ3v) is 4.65. The van der Waals surface area contributed by atoms with Crippen molar-refractivity contribution >= 4 is 17.7 Å². The van der Waals surface area contributed by atoms with Crippen LogP contribution >= 0.6 is 11.8 Å². The summed E-state index contributed by atoms with van der Waals surface area (Å²) in [6, 6.07) is 0. The second-order valence-electron chi connectivity index (χ2n) is 5.43. The van der Waals surface area contributed by atoms with Gasteiger partial charge < -0.3 is 9.63 Å². The Balaban J connectivity index is 2.00. The van der Waals surface area contributed by atoms with Gasteiger partial charge in [0.05, 0.1) is 11.2 Å². The molecule has 1 saturated carbocycles. The molecule has 0 aliphatic heterocycles. The second kappa shape index (κ2) is 5.94. The molecule has 1 aromatic rings. The van der Waals surface area contributed by atoms with Gasteiger partial charge in [0.15, 0.2) is 5.82 Å². The Morgan fingerprint density at radius 1 is 1.47 bits per heavy atom. The van der Waals surface area contributed by atoms with Crippen LogP contribution in [0.5, 0.6) is 0 Å². The van der Waals surface area contributed by atoms with Crippen LogP contribution in [-0.2, 0) is 17.0 Å². The molecule has 1 aliphatic rings. The predicted molar refractivity (Wildman–Crippen MR) is 73.0 cm³/mol. The zero-order valence-corrected chi connectivity index (χ0v) is 12.2. The summed E-state index contributed by atoms with van der Waals surface area (Å²) < 4.78 is 5.20. The summed E-state index contributed by atoms with van der Waals surface area (Å²) in [7, 11) is 0. The molecule has 6 heteroatoms. The van der Waals surface area contributed by atoms with Crippen LogP contribution in [0.25, 0.3) is 0 Å². The standard InChI is InChI=1S/C13H20N2O3S/c1-9(2)19-8-10-14-11(18-15-10)7-13(12(16)17)5-3-4-6-13/h9H,3-8H2,1-2H3,(H,16,17). The molecule has 0 atom stereocenters. The average molecular weight is 284 g/mol. The van der Waals surface area contributed by atoms with E-state index in [1.165, 1.54) is 0 Å². The van der Waals surface area contributed by atoms with Crippen molar-refractivity contribution in [2.75, 3.05) is 0 Å². The highest BCUT2D eigenvalue weighted by molar-refractivity contribution is 7.99. The fourth-order valence-electron chi connectivity index (χ4n) is 2.47. The summed E-state index contributed by atoms with van der Waals surface area (Å²) in [6.45, 7) is 4.23. The van der Waals surface area contributed by atoms with Crippen LogP contribution in [0.1, 0.15) is 51.2 Å². The summed E-state index contributed by atoms with van der Waals surface area (Å²) in [6.07, 6.45) is 3.72. The third kappa shape index (κ3) is 3.49. The van der Waals surface area contributed by atoms with E-state index < -0.39 is 11.4 Å². The molecule has 1 fully saturated rings. The molecule has 0 bridgehead atoms. The van der Waals surface area contributed by atoms with E-state index in [4.69, 9.17) is 4.52 Å². The zero-order valence-electron chi connectivity index (χ0n) is 11.4. The van der Waals surface area contributed by atoms with Crippen molar-refractivity contribution in [3.8, 4) is 0 Å². The SMILES string of the molecule is CC(C)SCc1noc(CC2(C(=O)O)CCCC2)n1. The Kier molecular flexibility index (Phi) is 4.50. The van der Waals surface area contributed by atoms with E-state index in [9.17, 15) is 9.90 Å². The van der Waals surface area contributed by atoms with Crippen molar-refractivity contribution in [1.82, 2.24) is 10.1 Å². The maximum Gasteiger partial charge on any atom is 0.310 e. The molecule has 2 rings (SSSR count). The van der Waals surface area contributed by atoms with Gasteiger partial charge >= 0.3 is 5.97 Å². The van der Waals surface area contributed by atoms with E-state index in [1.807, 2.05) is 0 Å². The molecular formula is C13H20N2O3S. The first-order valence-electron chi connectivity index (χ1n) is 6.68. The molecule has 19 heavy (non-hydrogen) atoms. The van der Waals surface area contributed by atoms with Gasteiger partial charge in [0.1, 0.15) is 0 Å². The maximum atomic E-state index is 11.5. The summed E-state index contributed by atoms with van der Waals surface area (Å²) in [4.78, 5) is 15.8. The number of aromatic nitrogens is 2. The lowest BCUT2D eigenvalue weighted by Crippen LogP contribution is -2.30. The van der Waals surface area contributed by atoms with Gasteiger partial charge in [-0.3, -0.25) is 4.79 Å². The number of aliphatic carboxylic acids is 1. The molecule has 5 nitrogen and oxygen atoms in total. The summed E-state index contributed by atoms with van der Waals surface area (Å²) in [5, 5.41) is 13.9. The number of carbonyl (C=O) groups is 1. The Bertz CT molecular complexity index is 439. The highest BCUT2D eigenvalue weighted by atomic mass is 32.2. The first kappa shape index (κ1) is 14.4. The minimum absolute atomic E-state index is 0.363. The lowest BCUT2D eigenvalue weighted by atomic mass is 9.83. The first-order chi connectivity index (χ1) is 9.02. The normalized spacial score (nSPS) is 18.1. The van der Waals surface area contributed by atoms with Gasteiger partial charge in [-0.1, -0.05) is 31.8 Å². The lowest BCUT2D eigenvalue weighted by molar-refractivity contribution is -0.148. The van der Waals surface area contributed by atoms with Gasteiger partial charge in [0.25, 0.3) is 0 Å². The van der Waals surface area contributed by atoms with E-state index in [0.717, 1.165) is 12.8 Å². The summed E-state index contributed by atoms with van der Waals surface area (Å²) in [5.41, 5.74) is -0.686. The topological polar surface area (TPSA) is 76.2 Å². The fraction of sp³-hybridized carbons (Fsp3) is 0.769. The Morgan fingerprint density at radius 2 is 2.16 bits per heavy atom. The van der Waals surface area contributed by atoms with Gasteiger partial charge in [-0.2, -0.15) is 16.7 Å². The third-order valence-electron chi connectivity index (χ3n) is 3.56. The lowest BCUT2D eigenvalue weighted by Gasteiger charge is -2.21. The minimum atomic E-state index is -0.735. The molecule has 0 aromatic carbocycles. The molecule has 0 saturated heterocycles. The van der Waals surface area contributed by atoms with Crippen molar-refractivity contribution < 1.29 is 14.4 Å². The van der Waals surface area contributed by atoms with Crippen molar-refractivity contribution in [1.29, 1.82) is 0 Å². The number of hydrogen-bond donors (Lipinski definition) is 1. The van der Waals surface area contributed by atoms with Crippen LogP contribution in [-0.4, -0.2) is 26.5 Å². The van der Waals surface area contributed by atoms with Crippen LogP contribution in [0.3, 0.4) is 0 Å². The predicted octanol–water partition coefficient (Wildman–Crippen LogP) is 2.90. The number of rotatable bonds is 6. The molecule has 0 unspecified atom stereocenters. The van der Waals surface area contributed by atoms with E-state index in [2.05, 4.69) is 24.0 Å². The van der Waals surface area contributed by atoms with E-state index in [0.29, 0.717) is 42.0 Å². The monoisotopic (exact) mass is 284 g/mol. The van der Waals surface area contributed by atoms with Crippen LogP contribution < -0.4 is 0 Å². The molecule has 106 valence electrons. The van der Waals surface area contributed by atoms with Crippen LogP contribution in [0, 0.1) is 5.41 Å². The van der Waals surface area contributed by atoms with Gasteiger partial charge in [0, 0.05) is 6.42 Å². The van der Waals surface area contributed by atoms with Gasteiger partial charge in [-0.25, -0.2) is 0 Å². The van der Waals surface area contributed by atoms with Gasteiger partial charge in [-0.05, 0) is 18.1 Å². The van der Waals surface area contributed by atoms with E-state index in [-0.39, 0.29) is 0 Å². The number of hydrogen-bond acceptors (Lipinski definition) is 5. The van der Waals surface area contributed by atoms with Gasteiger partial charge in [-0.15, -0.1) is 0 Å². The summed E-state index contributed by atoms with van der Waals surface area (Å²) in [5.74, 6) is 1.10. The smallest absolute Gasteiger partial charge is 0.310 e. The van der Waals surface area contributed by atoms with E-state index >= 15 is 0 Å². The highest BCUT2D eigenvalue weighted by Gasteiger charge is 2.42. The van der Waals surface area contributed by atoms with Crippen LogP contribution in [0.15, 0.2) is 4.52 Å². The quantitative estimate of drug-likeness (QED) is 0.865. The number of thioether (sulfide) groups is 1. The fourth-order valence-corrected chi connectivity index (χ4v) is 3.07. The molecule has 0 radical (unpaired) electrons. The molecule has 1 aliphatic carbocycles. The average Bonchev–Trinajstić information content (AvgIpc) is 2.97. The van der Waals surface area contributed by atoms with Crippen molar-refractivity contribution in [2.24, 2.45) is 5.41 Å². The number of carboxylic acid groups (broad SMARTS) is 1. The largest absolute Gasteiger partial charge is 0.481 e. The molecule has 1 N–H and O–H groups in total. The van der Waals surface area contributed by atoms with Crippen LogP contribution in [0.2, 0.25) is 0 Å². The van der Waals surface area contributed by atoms with Crippen molar-refractivity contribution in [2.45, 2.75) is 57.0 Å². The minimum Gasteiger partial charge on any atom is -0.481 e. The second-order valence-corrected chi connectivity index (χ2v) is 7.00. The zero-order chi connectivity index (χ0) is 13.9. The molecule has 1 heterocycles. The molecule has 0 amide bonds. The summed E-state index contributed by atoms with van der Waals surface area (Å²) >= 11 is 1.74. The van der Waals surface area contributed by atoms with Crippen molar-refractivity contribution in [3.63, 3.8) is 0 Å². The maximum absolute atomic E-state index is 11.5.